The van der Waals surface area contributed by atoms with Crippen LogP contribution in [0.15, 0.2) is 42.6 Å². The van der Waals surface area contributed by atoms with E-state index >= 15 is 0 Å². The third-order valence-corrected chi connectivity index (χ3v) is 4.45. The number of nitrogens with zero attached hydrogens (tertiary/aromatic N) is 1. The van der Waals surface area contributed by atoms with Crippen LogP contribution in [0.1, 0.15) is 36.8 Å². The molecular weight excluding hydrogens is 330 g/mol. The van der Waals surface area contributed by atoms with Gasteiger partial charge in [-0.15, -0.1) is 0 Å². The summed E-state index contributed by atoms with van der Waals surface area (Å²) in [6.45, 7) is 0.882. The van der Waals surface area contributed by atoms with Gasteiger partial charge in [-0.05, 0) is 48.9 Å². The molecule has 0 spiro atoms. The molecule has 0 unspecified atom stereocenters. The Morgan fingerprint density at radius 1 is 1.04 bits per heavy atom. The summed E-state index contributed by atoms with van der Waals surface area (Å²) in [5, 5.41) is 5.66. The number of hydrogen-bond acceptors (Lipinski definition) is 4. The molecule has 1 saturated carbocycles. The van der Waals surface area contributed by atoms with Crippen molar-refractivity contribution in [2.24, 2.45) is 0 Å². The summed E-state index contributed by atoms with van der Waals surface area (Å²) in [5.74, 6) is 1.45. The van der Waals surface area contributed by atoms with Gasteiger partial charge in [0.05, 0.1) is 7.11 Å². The third-order valence-electron chi connectivity index (χ3n) is 4.45. The van der Waals surface area contributed by atoms with Crippen LogP contribution >= 0.6 is 0 Å². The van der Waals surface area contributed by atoms with Gasteiger partial charge in [0.25, 0.3) is 0 Å². The van der Waals surface area contributed by atoms with Gasteiger partial charge >= 0.3 is 6.03 Å². The van der Waals surface area contributed by atoms with Crippen molar-refractivity contribution in [3.63, 3.8) is 0 Å². The first-order valence-electron chi connectivity index (χ1n) is 8.99. The minimum Gasteiger partial charge on any atom is -0.497 e. The predicted octanol–water partition coefficient (Wildman–Crippen LogP) is 3.41. The molecule has 1 aliphatic rings. The highest BCUT2D eigenvalue weighted by molar-refractivity contribution is 5.73. The molecule has 2 aromatic rings. The number of aromatic nitrogens is 1. The Kier molecular flexibility index (Phi) is 6.30. The second kappa shape index (κ2) is 9.08. The minimum atomic E-state index is -0.216. The van der Waals surface area contributed by atoms with Gasteiger partial charge in [-0.2, -0.15) is 0 Å². The van der Waals surface area contributed by atoms with E-state index in [9.17, 15) is 4.79 Å². The predicted molar refractivity (Wildman–Crippen MR) is 99.2 cm³/mol. The number of nitrogens with one attached hydrogen (secondary N) is 2. The Bertz CT molecular complexity index is 695. The lowest BCUT2D eigenvalue weighted by molar-refractivity contribution is 0.201. The quantitative estimate of drug-likeness (QED) is 0.798. The average Bonchev–Trinajstić information content (AvgIpc) is 3.19. The number of carbonyl (C=O) groups is 1. The van der Waals surface area contributed by atoms with Crippen LogP contribution in [-0.4, -0.2) is 24.2 Å². The average molecular weight is 355 g/mol. The Morgan fingerprint density at radius 3 is 2.31 bits per heavy atom. The van der Waals surface area contributed by atoms with Gasteiger partial charge in [-0.3, -0.25) is 0 Å². The maximum atomic E-state index is 11.9. The number of amides is 2. The molecule has 0 radical (unpaired) electrons. The van der Waals surface area contributed by atoms with Crippen molar-refractivity contribution in [3.05, 3.63) is 53.7 Å². The van der Waals surface area contributed by atoms with Gasteiger partial charge in [0.15, 0.2) is 0 Å². The van der Waals surface area contributed by atoms with Gasteiger partial charge in [0, 0.05) is 25.4 Å². The fourth-order valence-corrected chi connectivity index (χ4v) is 2.93. The molecule has 138 valence electrons. The summed E-state index contributed by atoms with van der Waals surface area (Å²) in [6.07, 6.45) is 6.74. The normalized spacial score (nSPS) is 14.0. The fraction of sp³-hybridized carbons (Fsp3) is 0.400. The van der Waals surface area contributed by atoms with E-state index in [0.29, 0.717) is 25.1 Å². The molecule has 3 rings (SSSR count). The minimum absolute atomic E-state index is 0.216. The van der Waals surface area contributed by atoms with E-state index in [1.165, 1.54) is 12.8 Å². The molecule has 2 N–H and O–H groups in total. The van der Waals surface area contributed by atoms with E-state index in [1.807, 2.05) is 36.4 Å². The molecule has 1 aromatic carbocycles. The van der Waals surface area contributed by atoms with Crippen LogP contribution in [0, 0.1) is 0 Å². The van der Waals surface area contributed by atoms with Gasteiger partial charge in [-0.1, -0.05) is 18.2 Å². The number of hydrogen-bond donors (Lipinski definition) is 2. The number of carbonyl (C=O) groups excluding carboxylic acids is 1. The topological polar surface area (TPSA) is 72.5 Å². The van der Waals surface area contributed by atoms with E-state index in [-0.39, 0.29) is 6.03 Å². The highest BCUT2D eigenvalue weighted by atomic mass is 16.5. The number of urea groups is 1. The van der Waals surface area contributed by atoms with E-state index < -0.39 is 0 Å². The van der Waals surface area contributed by atoms with E-state index in [4.69, 9.17) is 9.47 Å². The summed E-state index contributed by atoms with van der Waals surface area (Å²) >= 11 is 0. The van der Waals surface area contributed by atoms with Crippen LogP contribution in [0.2, 0.25) is 0 Å². The largest absolute Gasteiger partial charge is 0.497 e. The number of rotatable bonds is 7. The molecule has 26 heavy (non-hydrogen) atoms. The fourth-order valence-electron chi connectivity index (χ4n) is 2.93. The van der Waals surface area contributed by atoms with Crippen molar-refractivity contribution < 1.29 is 14.3 Å². The number of ether oxygens (including phenoxy) is 2. The number of benzene rings is 1. The van der Waals surface area contributed by atoms with Crippen LogP contribution in [-0.2, 0) is 13.1 Å². The Balaban J connectivity index is 1.39. The smallest absolute Gasteiger partial charge is 0.315 e. The van der Waals surface area contributed by atoms with Gasteiger partial charge in [0.2, 0.25) is 5.88 Å². The van der Waals surface area contributed by atoms with Crippen LogP contribution in [0.4, 0.5) is 4.79 Å². The van der Waals surface area contributed by atoms with E-state index in [1.54, 1.807) is 13.3 Å². The molecule has 1 aliphatic carbocycles. The Morgan fingerprint density at radius 2 is 1.69 bits per heavy atom. The molecule has 1 fully saturated rings. The summed E-state index contributed by atoms with van der Waals surface area (Å²) < 4.78 is 11.0. The summed E-state index contributed by atoms with van der Waals surface area (Å²) in [4.78, 5) is 16.2. The first kappa shape index (κ1) is 18.0. The zero-order valence-corrected chi connectivity index (χ0v) is 15.0. The maximum absolute atomic E-state index is 11.9. The van der Waals surface area contributed by atoms with Gasteiger partial charge < -0.3 is 20.1 Å². The lowest BCUT2D eigenvalue weighted by atomic mass is 10.2. The van der Waals surface area contributed by atoms with Gasteiger partial charge in [0.1, 0.15) is 11.9 Å². The highest BCUT2D eigenvalue weighted by Gasteiger charge is 2.16. The van der Waals surface area contributed by atoms with Crippen molar-refractivity contribution in [2.75, 3.05) is 7.11 Å². The van der Waals surface area contributed by atoms with Crippen molar-refractivity contribution in [2.45, 2.75) is 44.9 Å². The zero-order chi connectivity index (χ0) is 18.2. The SMILES string of the molecule is COc1ccc(CNC(=O)NCc2ccc(OC3CCCC3)nc2)cc1. The Labute approximate surface area is 153 Å². The van der Waals surface area contributed by atoms with E-state index in [0.717, 1.165) is 29.7 Å². The number of pyridine rings is 1. The second-order valence-corrected chi connectivity index (χ2v) is 6.41. The molecule has 1 aromatic heterocycles. The summed E-state index contributed by atoms with van der Waals surface area (Å²) in [6, 6.07) is 11.2. The van der Waals surface area contributed by atoms with Crippen molar-refractivity contribution in [1.82, 2.24) is 15.6 Å². The molecular formula is C20H25N3O3. The first-order chi connectivity index (χ1) is 12.7. The van der Waals surface area contributed by atoms with Crippen LogP contribution in [0.25, 0.3) is 0 Å². The summed E-state index contributed by atoms with van der Waals surface area (Å²) in [5.41, 5.74) is 1.94. The lowest BCUT2D eigenvalue weighted by Crippen LogP contribution is -2.34. The van der Waals surface area contributed by atoms with Crippen molar-refractivity contribution in [3.8, 4) is 11.6 Å². The summed E-state index contributed by atoms with van der Waals surface area (Å²) in [7, 11) is 1.63. The molecule has 0 bridgehead atoms. The number of methoxy groups -OCH3 is 1. The molecule has 0 saturated heterocycles. The molecule has 0 aliphatic heterocycles. The van der Waals surface area contributed by atoms with E-state index in [2.05, 4.69) is 15.6 Å². The lowest BCUT2D eigenvalue weighted by Gasteiger charge is -2.12. The van der Waals surface area contributed by atoms with Crippen molar-refractivity contribution >= 4 is 6.03 Å². The second-order valence-electron chi connectivity index (χ2n) is 6.41. The Hall–Kier alpha value is -2.76. The molecule has 2 amide bonds. The van der Waals surface area contributed by atoms with Crippen LogP contribution < -0.4 is 20.1 Å². The maximum Gasteiger partial charge on any atom is 0.315 e. The molecule has 6 heteroatoms. The monoisotopic (exact) mass is 355 g/mol. The zero-order valence-electron chi connectivity index (χ0n) is 15.0. The standard InChI is InChI=1S/C20H25N3O3/c1-25-17-9-6-15(7-10-17)12-22-20(24)23-14-16-8-11-19(21-13-16)26-18-4-2-3-5-18/h6-11,13,18H,2-5,12,14H2,1H3,(H2,22,23,24). The van der Waals surface area contributed by atoms with Crippen molar-refractivity contribution in [1.29, 1.82) is 0 Å². The molecule has 6 nitrogen and oxygen atoms in total. The first-order valence-corrected chi connectivity index (χ1v) is 8.99. The van der Waals surface area contributed by atoms with Crippen LogP contribution in [0.3, 0.4) is 0 Å². The van der Waals surface area contributed by atoms with Gasteiger partial charge in [-0.25, -0.2) is 9.78 Å². The third kappa shape index (κ3) is 5.37. The highest BCUT2D eigenvalue weighted by Crippen LogP contribution is 2.22. The van der Waals surface area contributed by atoms with Crippen LogP contribution in [0.5, 0.6) is 11.6 Å². The molecule has 1 heterocycles. The molecule has 0 atom stereocenters.